The van der Waals surface area contributed by atoms with Gasteiger partial charge >= 0.3 is 0 Å². The molecule has 0 spiro atoms. The molecule has 0 fully saturated rings. The fraction of sp³-hybridized carbons (Fsp3) is 0.0741. The number of halogens is 1. The van der Waals surface area contributed by atoms with E-state index in [1.807, 2.05) is 72.1 Å². The van der Waals surface area contributed by atoms with Crippen LogP contribution in [0, 0.1) is 11.3 Å². The van der Waals surface area contributed by atoms with Crippen LogP contribution >= 0.6 is 22.9 Å². The van der Waals surface area contributed by atoms with Gasteiger partial charge in [-0.15, -0.1) is 11.3 Å². The minimum atomic E-state index is 0.274. The normalized spacial score (nSPS) is 11.4. The molecule has 6 nitrogen and oxygen atoms in total. The van der Waals surface area contributed by atoms with Crippen LogP contribution in [0.1, 0.15) is 16.4 Å². The smallest absolute Gasteiger partial charge is 0.161 e. The van der Waals surface area contributed by atoms with E-state index in [1.165, 1.54) is 11.3 Å². The summed E-state index contributed by atoms with van der Waals surface area (Å²) in [7, 11) is 1.58. The number of hydrogen-bond acceptors (Lipinski definition) is 6. The van der Waals surface area contributed by atoms with Gasteiger partial charge in [0.05, 0.1) is 29.4 Å². The van der Waals surface area contributed by atoms with Gasteiger partial charge in [0.2, 0.25) is 0 Å². The van der Waals surface area contributed by atoms with E-state index in [0.29, 0.717) is 27.1 Å². The highest BCUT2D eigenvalue weighted by Crippen LogP contribution is 2.32. The molecular formula is C27H19ClN4O2S. The topological polar surface area (TPSA) is 83.8 Å². The number of aromatic nitrogens is 3. The summed E-state index contributed by atoms with van der Waals surface area (Å²) < 4.78 is 11.5. The number of fused-ring (bicyclic) bond motifs is 1. The predicted molar refractivity (Wildman–Crippen MR) is 139 cm³/mol. The van der Waals surface area contributed by atoms with Crippen LogP contribution in [0.15, 0.2) is 72.1 Å². The predicted octanol–water partition coefficient (Wildman–Crippen LogP) is 6.99. The van der Waals surface area contributed by atoms with Crippen LogP contribution < -0.4 is 9.47 Å². The first kappa shape index (κ1) is 22.7. The fourth-order valence-corrected chi connectivity index (χ4v) is 4.49. The van der Waals surface area contributed by atoms with Gasteiger partial charge in [0.15, 0.2) is 11.5 Å². The number of hydrogen-bond donors (Lipinski definition) is 1. The molecule has 0 bridgehead atoms. The quantitative estimate of drug-likeness (QED) is 0.244. The molecule has 2 aromatic heterocycles. The lowest BCUT2D eigenvalue weighted by Crippen LogP contribution is -1.99. The average molecular weight is 499 g/mol. The van der Waals surface area contributed by atoms with Gasteiger partial charge in [0, 0.05) is 16.0 Å². The van der Waals surface area contributed by atoms with Gasteiger partial charge in [-0.25, -0.2) is 9.97 Å². The fourth-order valence-electron chi connectivity index (χ4n) is 3.57. The summed E-state index contributed by atoms with van der Waals surface area (Å²) in [6, 6.07) is 23.1. The average Bonchev–Trinajstić information content (AvgIpc) is 3.54. The molecule has 0 atom stereocenters. The molecule has 8 heteroatoms. The summed E-state index contributed by atoms with van der Waals surface area (Å²) in [5, 5.41) is 13.0. The molecule has 2 heterocycles. The Labute approximate surface area is 211 Å². The Balaban J connectivity index is 1.35. The number of nitrogens with one attached hydrogen (secondary N) is 1. The highest BCUT2D eigenvalue weighted by molar-refractivity contribution is 7.11. The maximum atomic E-state index is 9.77. The number of methoxy groups -OCH3 is 1. The van der Waals surface area contributed by atoms with Crippen LogP contribution in [-0.2, 0) is 6.61 Å². The first-order chi connectivity index (χ1) is 17.1. The number of ether oxygens (including phenoxy) is 2. The minimum Gasteiger partial charge on any atom is -0.493 e. The Morgan fingerprint density at radius 2 is 1.91 bits per heavy atom. The summed E-state index contributed by atoms with van der Waals surface area (Å²) in [4.78, 5) is 12.4. The molecule has 0 aliphatic rings. The standard InChI is InChI=1S/C27H19ClN4O2S/c1-33-25-13-17(6-11-24(25)34-15-26-30-21-4-2-3-5-22(21)31-26)12-19(14-29)27-32-23(16-35-27)18-7-9-20(28)10-8-18/h2-13,16H,15H2,1H3,(H,30,31). The third-order valence-corrected chi connectivity index (χ3v) is 6.42. The second kappa shape index (κ2) is 10.0. The summed E-state index contributed by atoms with van der Waals surface area (Å²) in [6.07, 6.45) is 1.79. The van der Waals surface area contributed by atoms with Gasteiger partial charge in [-0.3, -0.25) is 0 Å². The highest BCUT2D eigenvalue weighted by Gasteiger charge is 2.12. The van der Waals surface area contributed by atoms with Crippen molar-refractivity contribution in [2.45, 2.75) is 6.61 Å². The zero-order chi connectivity index (χ0) is 24.2. The third-order valence-electron chi connectivity index (χ3n) is 5.30. The van der Waals surface area contributed by atoms with E-state index in [1.54, 1.807) is 13.2 Å². The van der Waals surface area contributed by atoms with Crippen molar-refractivity contribution >= 4 is 45.6 Å². The molecule has 35 heavy (non-hydrogen) atoms. The first-order valence-electron chi connectivity index (χ1n) is 10.7. The van der Waals surface area contributed by atoms with E-state index in [2.05, 4.69) is 21.0 Å². The van der Waals surface area contributed by atoms with Crippen molar-refractivity contribution in [2.75, 3.05) is 7.11 Å². The molecule has 0 amide bonds. The number of allylic oxidation sites excluding steroid dienone is 1. The van der Waals surface area contributed by atoms with Crippen LogP contribution in [0.3, 0.4) is 0 Å². The molecule has 0 unspecified atom stereocenters. The minimum absolute atomic E-state index is 0.274. The second-order valence-corrected chi connectivity index (χ2v) is 8.91. The zero-order valence-electron chi connectivity index (χ0n) is 18.7. The van der Waals surface area contributed by atoms with Crippen molar-refractivity contribution in [3.8, 4) is 28.8 Å². The van der Waals surface area contributed by atoms with Crippen molar-refractivity contribution in [2.24, 2.45) is 0 Å². The number of thiazole rings is 1. The van der Waals surface area contributed by atoms with Gasteiger partial charge in [-0.05, 0) is 48.0 Å². The van der Waals surface area contributed by atoms with Crippen LogP contribution in [-0.4, -0.2) is 22.1 Å². The van der Waals surface area contributed by atoms with E-state index in [-0.39, 0.29) is 6.61 Å². The number of nitriles is 1. The molecule has 0 saturated heterocycles. The lowest BCUT2D eigenvalue weighted by Gasteiger charge is -2.10. The van der Waals surface area contributed by atoms with Gasteiger partial charge in [0.1, 0.15) is 23.5 Å². The number of rotatable bonds is 7. The van der Waals surface area contributed by atoms with E-state index < -0.39 is 0 Å². The largest absolute Gasteiger partial charge is 0.493 e. The number of imidazole rings is 1. The van der Waals surface area contributed by atoms with Crippen molar-refractivity contribution in [1.82, 2.24) is 15.0 Å². The third kappa shape index (κ3) is 5.04. The van der Waals surface area contributed by atoms with Gasteiger partial charge < -0.3 is 14.5 Å². The Hall–Kier alpha value is -4.12. The molecular weight excluding hydrogens is 480 g/mol. The van der Waals surface area contributed by atoms with Crippen LogP contribution in [0.5, 0.6) is 11.5 Å². The first-order valence-corrected chi connectivity index (χ1v) is 12.0. The second-order valence-electron chi connectivity index (χ2n) is 7.61. The van der Waals surface area contributed by atoms with E-state index in [0.717, 1.165) is 33.7 Å². The highest BCUT2D eigenvalue weighted by atomic mass is 35.5. The summed E-state index contributed by atoms with van der Waals surface area (Å²) in [5.74, 6) is 1.88. The number of nitrogens with zero attached hydrogens (tertiary/aromatic N) is 3. The van der Waals surface area contributed by atoms with E-state index in [9.17, 15) is 5.26 Å². The molecule has 3 aromatic carbocycles. The molecule has 0 radical (unpaired) electrons. The lowest BCUT2D eigenvalue weighted by molar-refractivity contribution is 0.277. The Morgan fingerprint density at radius 1 is 1.09 bits per heavy atom. The number of benzene rings is 3. The van der Waals surface area contributed by atoms with Crippen molar-refractivity contribution in [3.63, 3.8) is 0 Å². The maximum Gasteiger partial charge on any atom is 0.161 e. The summed E-state index contributed by atoms with van der Waals surface area (Å²) in [6.45, 7) is 0.274. The van der Waals surface area contributed by atoms with Gasteiger partial charge in [-0.1, -0.05) is 41.9 Å². The Bertz CT molecular complexity index is 1530. The summed E-state index contributed by atoms with van der Waals surface area (Å²) in [5.41, 5.74) is 4.87. The van der Waals surface area contributed by atoms with Gasteiger partial charge in [-0.2, -0.15) is 5.26 Å². The lowest BCUT2D eigenvalue weighted by atomic mass is 10.1. The van der Waals surface area contributed by atoms with Crippen molar-refractivity contribution in [1.29, 1.82) is 5.26 Å². The maximum absolute atomic E-state index is 9.77. The molecule has 0 aliphatic carbocycles. The van der Waals surface area contributed by atoms with E-state index >= 15 is 0 Å². The van der Waals surface area contributed by atoms with Crippen LogP contribution in [0.25, 0.3) is 33.9 Å². The number of para-hydroxylation sites is 2. The van der Waals surface area contributed by atoms with Crippen LogP contribution in [0.4, 0.5) is 0 Å². The molecule has 5 aromatic rings. The SMILES string of the molecule is COc1cc(C=C(C#N)c2nc(-c3ccc(Cl)cc3)cs2)ccc1OCc1nc2ccccc2[nH]1. The monoisotopic (exact) mass is 498 g/mol. The number of H-pyrrole nitrogens is 1. The molecule has 1 N–H and O–H groups in total. The zero-order valence-corrected chi connectivity index (χ0v) is 20.2. The van der Waals surface area contributed by atoms with Crippen molar-refractivity contribution in [3.05, 3.63) is 93.5 Å². The molecule has 0 aliphatic heterocycles. The van der Waals surface area contributed by atoms with Crippen LogP contribution in [0.2, 0.25) is 5.02 Å². The molecule has 0 saturated carbocycles. The van der Waals surface area contributed by atoms with E-state index in [4.69, 9.17) is 21.1 Å². The molecule has 172 valence electrons. The Kier molecular flexibility index (Phi) is 6.49. The van der Waals surface area contributed by atoms with Gasteiger partial charge in [0.25, 0.3) is 0 Å². The Morgan fingerprint density at radius 3 is 2.69 bits per heavy atom. The molecule has 5 rings (SSSR count). The van der Waals surface area contributed by atoms with Crippen molar-refractivity contribution < 1.29 is 9.47 Å². The summed E-state index contributed by atoms with van der Waals surface area (Å²) >= 11 is 7.40. The number of aromatic amines is 1.